The third-order valence-electron chi connectivity index (χ3n) is 2.32. The average molecular weight is 220 g/mol. The summed E-state index contributed by atoms with van der Waals surface area (Å²) in [5, 5.41) is 9.91. The van der Waals surface area contributed by atoms with Gasteiger partial charge in [-0.2, -0.15) is 0 Å². The van der Waals surface area contributed by atoms with Crippen LogP contribution in [0.25, 0.3) is 10.1 Å². The van der Waals surface area contributed by atoms with Gasteiger partial charge in [-0.25, -0.2) is 0 Å². The lowest BCUT2D eigenvalue weighted by atomic mass is 10.3. The maximum atomic E-state index is 3.22. The largest absolute Gasteiger partial charge is 0.314 e. The van der Waals surface area contributed by atoms with Gasteiger partial charge in [-0.15, -0.1) is 11.3 Å². The van der Waals surface area contributed by atoms with E-state index in [9.17, 15) is 0 Å². The quantitative estimate of drug-likeness (QED) is 0.710. The van der Waals surface area contributed by atoms with E-state index < -0.39 is 0 Å². The zero-order valence-electron chi connectivity index (χ0n) is 8.70. The number of piperazine rings is 1. The summed E-state index contributed by atoms with van der Waals surface area (Å²) >= 11 is 1.79. The molecule has 3 heteroatoms. The van der Waals surface area contributed by atoms with Crippen molar-refractivity contribution in [1.29, 1.82) is 0 Å². The maximum absolute atomic E-state index is 3.22. The van der Waals surface area contributed by atoms with E-state index in [0.29, 0.717) is 0 Å². The fraction of sp³-hybridized carbons (Fsp3) is 0.333. The molecule has 0 bridgehead atoms. The van der Waals surface area contributed by atoms with Crippen molar-refractivity contribution >= 4 is 21.4 Å². The Morgan fingerprint density at radius 1 is 0.867 bits per heavy atom. The number of fused-ring (bicyclic) bond motifs is 1. The van der Waals surface area contributed by atoms with Crippen molar-refractivity contribution in [3.8, 4) is 0 Å². The number of nitrogens with one attached hydrogen (secondary N) is 2. The second-order valence-electron chi connectivity index (χ2n) is 3.46. The van der Waals surface area contributed by atoms with Gasteiger partial charge in [0.15, 0.2) is 0 Å². The molecular weight excluding hydrogens is 204 g/mol. The Balaban J connectivity index is 0.000000124. The van der Waals surface area contributed by atoms with Gasteiger partial charge in [-0.05, 0) is 22.9 Å². The van der Waals surface area contributed by atoms with Gasteiger partial charge in [0.05, 0.1) is 0 Å². The van der Waals surface area contributed by atoms with Crippen molar-refractivity contribution in [3.63, 3.8) is 0 Å². The van der Waals surface area contributed by atoms with Crippen LogP contribution >= 0.6 is 11.3 Å². The van der Waals surface area contributed by atoms with E-state index in [1.54, 1.807) is 11.3 Å². The molecule has 1 fully saturated rings. The van der Waals surface area contributed by atoms with Gasteiger partial charge in [0.25, 0.3) is 0 Å². The Morgan fingerprint density at radius 2 is 1.53 bits per heavy atom. The lowest BCUT2D eigenvalue weighted by Crippen LogP contribution is -2.39. The normalized spacial score (nSPS) is 15.7. The molecule has 0 unspecified atom stereocenters. The number of benzene rings is 1. The minimum atomic E-state index is 1.14. The predicted octanol–water partition coefficient (Wildman–Crippen LogP) is 2.08. The number of thiophene rings is 1. The first kappa shape index (κ1) is 10.6. The highest BCUT2D eigenvalue weighted by molar-refractivity contribution is 7.17. The molecule has 1 aromatic heterocycles. The fourth-order valence-electron chi connectivity index (χ4n) is 1.51. The molecule has 80 valence electrons. The molecule has 1 aromatic carbocycles. The number of hydrogen-bond acceptors (Lipinski definition) is 3. The molecule has 0 saturated carbocycles. The Labute approximate surface area is 94.3 Å². The highest BCUT2D eigenvalue weighted by atomic mass is 32.1. The van der Waals surface area contributed by atoms with Crippen LogP contribution in [0.4, 0.5) is 0 Å². The molecule has 1 aliphatic rings. The highest BCUT2D eigenvalue weighted by Gasteiger charge is 1.91. The van der Waals surface area contributed by atoms with Gasteiger partial charge in [-0.3, -0.25) is 0 Å². The minimum Gasteiger partial charge on any atom is -0.314 e. The summed E-state index contributed by atoms with van der Waals surface area (Å²) in [7, 11) is 0. The molecule has 2 heterocycles. The van der Waals surface area contributed by atoms with Crippen molar-refractivity contribution in [3.05, 3.63) is 35.7 Å². The summed E-state index contributed by atoms with van der Waals surface area (Å²) in [4.78, 5) is 0. The highest BCUT2D eigenvalue weighted by Crippen LogP contribution is 2.18. The smallest absolute Gasteiger partial charge is 0.0342 e. The summed E-state index contributed by atoms with van der Waals surface area (Å²) in [6.07, 6.45) is 0. The van der Waals surface area contributed by atoms with Crippen LogP contribution in [0.1, 0.15) is 0 Å². The summed E-state index contributed by atoms with van der Waals surface area (Å²) in [5.74, 6) is 0. The van der Waals surface area contributed by atoms with Crippen LogP contribution in [0.3, 0.4) is 0 Å². The standard InChI is InChI=1S/C8H6S.C4H10N2/c1-2-4-8-7(3-1)5-6-9-8;1-2-6-4-3-5-1/h1-6H;5-6H,1-4H2. The van der Waals surface area contributed by atoms with Crippen LogP contribution in [0.15, 0.2) is 35.7 Å². The van der Waals surface area contributed by atoms with Gasteiger partial charge in [0.1, 0.15) is 0 Å². The van der Waals surface area contributed by atoms with Crippen LogP contribution in [0, 0.1) is 0 Å². The molecule has 0 aliphatic carbocycles. The molecule has 15 heavy (non-hydrogen) atoms. The molecule has 1 aliphatic heterocycles. The third kappa shape index (κ3) is 3.30. The van der Waals surface area contributed by atoms with Crippen molar-refractivity contribution < 1.29 is 0 Å². The zero-order chi connectivity index (χ0) is 10.3. The fourth-order valence-corrected chi connectivity index (χ4v) is 2.30. The minimum absolute atomic E-state index is 1.14. The Hall–Kier alpha value is -0.900. The second-order valence-corrected chi connectivity index (χ2v) is 4.41. The Morgan fingerprint density at radius 3 is 2.13 bits per heavy atom. The first-order chi connectivity index (χ1) is 7.47. The molecule has 2 nitrogen and oxygen atoms in total. The first-order valence-corrected chi connectivity index (χ1v) is 6.18. The lowest BCUT2D eigenvalue weighted by Gasteiger charge is -2.11. The topological polar surface area (TPSA) is 24.1 Å². The third-order valence-corrected chi connectivity index (χ3v) is 3.22. The summed E-state index contributed by atoms with van der Waals surface area (Å²) in [5.41, 5.74) is 0. The van der Waals surface area contributed by atoms with Crippen molar-refractivity contribution in [2.24, 2.45) is 0 Å². The van der Waals surface area contributed by atoms with E-state index in [2.05, 4.69) is 46.3 Å². The van der Waals surface area contributed by atoms with Crippen molar-refractivity contribution in [1.82, 2.24) is 10.6 Å². The van der Waals surface area contributed by atoms with Gasteiger partial charge in [0, 0.05) is 30.9 Å². The summed E-state index contributed by atoms with van der Waals surface area (Å²) in [6, 6.07) is 10.5. The van der Waals surface area contributed by atoms with Gasteiger partial charge < -0.3 is 10.6 Å². The van der Waals surface area contributed by atoms with Gasteiger partial charge in [-0.1, -0.05) is 18.2 Å². The molecule has 0 atom stereocenters. The van der Waals surface area contributed by atoms with Crippen molar-refractivity contribution in [2.75, 3.05) is 26.2 Å². The maximum Gasteiger partial charge on any atom is 0.0342 e. The van der Waals surface area contributed by atoms with Crippen molar-refractivity contribution in [2.45, 2.75) is 0 Å². The predicted molar refractivity (Wildman–Crippen MR) is 67.6 cm³/mol. The van der Waals surface area contributed by atoms with Crippen LogP contribution in [-0.4, -0.2) is 26.2 Å². The average Bonchev–Trinajstić information content (AvgIpc) is 2.80. The lowest BCUT2D eigenvalue weighted by molar-refractivity contribution is 0.534. The van der Waals surface area contributed by atoms with E-state index in [1.165, 1.54) is 10.1 Å². The first-order valence-electron chi connectivity index (χ1n) is 5.30. The number of hydrogen-bond donors (Lipinski definition) is 2. The molecular formula is C12H16N2S. The van der Waals surface area contributed by atoms with E-state index in [0.717, 1.165) is 26.2 Å². The van der Waals surface area contributed by atoms with E-state index in [4.69, 9.17) is 0 Å². The Kier molecular flexibility index (Phi) is 4.14. The summed E-state index contributed by atoms with van der Waals surface area (Å²) in [6.45, 7) is 4.56. The molecule has 2 N–H and O–H groups in total. The van der Waals surface area contributed by atoms with Gasteiger partial charge in [0.2, 0.25) is 0 Å². The Bertz CT molecular complexity index is 351. The molecule has 1 saturated heterocycles. The van der Waals surface area contributed by atoms with Gasteiger partial charge >= 0.3 is 0 Å². The van der Waals surface area contributed by atoms with Crippen LogP contribution < -0.4 is 10.6 Å². The molecule has 0 radical (unpaired) electrons. The number of rotatable bonds is 0. The SMILES string of the molecule is C1CNCCN1.c1ccc2sccc2c1. The summed E-state index contributed by atoms with van der Waals surface area (Å²) < 4.78 is 1.37. The van der Waals surface area contributed by atoms with E-state index >= 15 is 0 Å². The second kappa shape index (κ2) is 5.85. The van der Waals surface area contributed by atoms with Crippen LogP contribution in [0.2, 0.25) is 0 Å². The molecule has 2 aromatic rings. The van der Waals surface area contributed by atoms with E-state index in [1.807, 2.05) is 0 Å². The molecule has 0 amide bonds. The molecule has 0 spiro atoms. The van der Waals surface area contributed by atoms with E-state index in [-0.39, 0.29) is 0 Å². The van der Waals surface area contributed by atoms with Crippen LogP contribution in [-0.2, 0) is 0 Å². The monoisotopic (exact) mass is 220 g/mol. The molecule has 3 rings (SSSR count). The van der Waals surface area contributed by atoms with Crippen LogP contribution in [0.5, 0.6) is 0 Å². The zero-order valence-corrected chi connectivity index (χ0v) is 9.52.